The van der Waals surface area contributed by atoms with Gasteiger partial charge in [-0.05, 0) is 56.5 Å². The van der Waals surface area contributed by atoms with Crippen molar-refractivity contribution in [3.05, 3.63) is 34.4 Å². The Kier molecular flexibility index (Phi) is 4.73. The second-order valence-corrected chi connectivity index (χ2v) is 7.95. The molecule has 0 spiro atoms. The number of nitrogens with one attached hydrogen (secondary N) is 2. The molecule has 1 atom stereocenters. The van der Waals surface area contributed by atoms with E-state index in [1.54, 1.807) is 20.8 Å². The van der Waals surface area contributed by atoms with Crippen molar-refractivity contribution in [1.82, 2.24) is 15.5 Å². The van der Waals surface area contributed by atoms with Crippen LogP contribution in [0.15, 0.2) is 12.1 Å². The molecule has 0 fully saturated rings. The third-order valence-corrected chi connectivity index (χ3v) is 4.68. The Balaban J connectivity index is 1.80. The van der Waals surface area contributed by atoms with E-state index in [4.69, 9.17) is 4.74 Å². The molecule has 1 aromatic rings. The minimum absolute atomic E-state index is 0.163. The second-order valence-electron chi connectivity index (χ2n) is 7.95. The molecule has 2 aliphatic heterocycles. The number of hydrogen-bond donors (Lipinski definition) is 2. The Morgan fingerprint density at radius 1 is 1.28 bits per heavy atom. The highest BCUT2D eigenvalue weighted by Crippen LogP contribution is 2.27. The lowest BCUT2D eigenvalue weighted by Gasteiger charge is -2.28. The third-order valence-electron chi connectivity index (χ3n) is 4.68. The van der Waals surface area contributed by atoms with Crippen LogP contribution in [0.4, 0.5) is 4.79 Å². The lowest BCUT2D eigenvalue weighted by Crippen LogP contribution is -2.48. The van der Waals surface area contributed by atoms with Crippen molar-refractivity contribution in [1.29, 1.82) is 0 Å². The highest BCUT2D eigenvalue weighted by atomic mass is 16.6. The molecule has 2 aliphatic rings. The Morgan fingerprint density at radius 3 is 2.72 bits per heavy atom. The minimum atomic E-state index is -0.611. The molecule has 25 heavy (non-hydrogen) atoms. The maximum atomic E-state index is 12.4. The number of nitrogens with zero attached hydrogens (tertiary/aromatic N) is 1. The summed E-state index contributed by atoms with van der Waals surface area (Å²) >= 11 is 0. The molecule has 0 aromatic heterocycles. The number of hydrogen-bond acceptors (Lipinski definition) is 4. The number of amides is 2. The highest BCUT2D eigenvalue weighted by molar-refractivity contribution is 5.86. The van der Waals surface area contributed by atoms with Gasteiger partial charge in [0.1, 0.15) is 11.6 Å². The van der Waals surface area contributed by atoms with Gasteiger partial charge in [0.15, 0.2) is 0 Å². The molecule has 2 heterocycles. The van der Waals surface area contributed by atoms with Crippen LogP contribution in [-0.4, -0.2) is 42.1 Å². The van der Waals surface area contributed by atoms with Crippen molar-refractivity contribution < 1.29 is 14.3 Å². The van der Waals surface area contributed by atoms with Gasteiger partial charge in [0.2, 0.25) is 5.91 Å². The summed E-state index contributed by atoms with van der Waals surface area (Å²) in [6, 6.07) is 3.64. The van der Waals surface area contributed by atoms with E-state index in [0.29, 0.717) is 13.0 Å². The van der Waals surface area contributed by atoms with E-state index in [-0.39, 0.29) is 5.91 Å². The molecule has 2 N–H and O–H groups in total. The van der Waals surface area contributed by atoms with E-state index in [1.165, 1.54) is 16.7 Å². The van der Waals surface area contributed by atoms with Gasteiger partial charge in [0.25, 0.3) is 0 Å². The van der Waals surface area contributed by atoms with Gasteiger partial charge in [0, 0.05) is 26.1 Å². The highest BCUT2D eigenvalue weighted by Gasteiger charge is 2.29. The smallest absolute Gasteiger partial charge is 0.408 e. The number of likely N-dealkylation sites (N-methyl/N-ethyl adjacent to an activating group) is 1. The van der Waals surface area contributed by atoms with Gasteiger partial charge in [-0.25, -0.2) is 4.79 Å². The number of fused-ring (bicyclic) bond motifs is 3. The average molecular weight is 345 g/mol. The topological polar surface area (TPSA) is 70.7 Å². The minimum Gasteiger partial charge on any atom is -0.444 e. The number of benzene rings is 1. The standard InChI is InChI=1S/C19H27N3O3/c1-19(2,3)25-18(24)21-16-9-12-5-6-13-11-22(4)8-7-14(13)15(12)10-20-17(16)23/h5-6,16H,7-11H2,1-4H3,(H,20,23)(H,21,24)/t16-/m0/s1. The monoisotopic (exact) mass is 345 g/mol. The Labute approximate surface area is 148 Å². The fraction of sp³-hybridized carbons (Fsp3) is 0.579. The lowest BCUT2D eigenvalue weighted by molar-refractivity contribution is -0.123. The first kappa shape index (κ1) is 17.7. The van der Waals surface area contributed by atoms with Crippen LogP contribution in [0.3, 0.4) is 0 Å². The summed E-state index contributed by atoms with van der Waals surface area (Å²) in [6.45, 7) is 7.90. The normalized spacial score (nSPS) is 20.8. The lowest BCUT2D eigenvalue weighted by atomic mass is 9.89. The second kappa shape index (κ2) is 6.67. The first-order valence-electron chi connectivity index (χ1n) is 8.81. The van der Waals surface area contributed by atoms with Crippen molar-refractivity contribution in [2.24, 2.45) is 0 Å². The number of carbonyl (C=O) groups excluding carboxylic acids is 2. The summed E-state index contributed by atoms with van der Waals surface area (Å²) in [6.07, 6.45) is 0.925. The molecule has 0 unspecified atom stereocenters. The zero-order chi connectivity index (χ0) is 18.2. The molecular formula is C19H27N3O3. The van der Waals surface area contributed by atoms with Crippen LogP contribution in [0.2, 0.25) is 0 Å². The molecule has 2 amide bonds. The molecule has 0 radical (unpaired) electrons. The number of carbonyl (C=O) groups is 2. The molecule has 6 nitrogen and oxygen atoms in total. The van der Waals surface area contributed by atoms with Gasteiger partial charge >= 0.3 is 6.09 Å². The summed E-state index contributed by atoms with van der Waals surface area (Å²) in [5.41, 5.74) is 4.44. The average Bonchev–Trinajstić information content (AvgIpc) is 2.65. The van der Waals surface area contributed by atoms with Crippen LogP contribution in [-0.2, 0) is 35.5 Å². The number of rotatable bonds is 1. The molecule has 6 heteroatoms. The summed E-state index contributed by atoms with van der Waals surface area (Å²) < 4.78 is 5.28. The van der Waals surface area contributed by atoms with Crippen molar-refractivity contribution in [3.63, 3.8) is 0 Å². The van der Waals surface area contributed by atoms with Crippen molar-refractivity contribution in [2.75, 3.05) is 13.6 Å². The number of alkyl carbamates (subject to hydrolysis) is 1. The maximum Gasteiger partial charge on any atom is 0.408 e. The van der Waals surface area contributed by atoms with Crippen LogP contribution in [0.5, 0.6) is 0 Å². The summed E-state index contributed by atoms with van der Waals surface area (Å²) in [7, 11) is 2.12. The van der Waals surface area contributed by atoms with Crippen LogP contribution in [0.1, 0.15) is 43.0 Å². The first-order valence-corrected chi connectivity index (χ1v) is 8.81. The zero-order valence-electron chi connectivity index (χ0n) is 15.4. The van der Waals surface area contributed by atoms with E-state index in [0.717, 1.165) is 25.1 Å². The van der Waals surface area contributed by atoms with Gasteiger partial charge in [-0.2, -0.15) is 0 Å². The van der Waals surface area contributed by atoms with Gasteiger partial charge in [-0.3, -0.25) is 4.79 Å². The van der Waals surface area contributed by atoms with Crippen LogP contribution in [0.25, 0.3) is 0 Å². The molecule has 136 valence electrons. The fourth-order valence-electron chi connectivity index (χ4n) is 3.51. The molecule has 0 aliphatic carbocycles. The van der Waals surface area contributed by atoms with Gasteiger partial charge in [-0.15, -0.1) is 0 Å². The van der Waals surface area contributed by atoms with Crippen molar-refractivity contribution in [2.45, 2.75) is 58.3 Å². The Bertz CT molecular complexity index is 694. The SMILES string of the molecule is CN1CCc2c(ccc3c2CNC(=O)[C@@H](NC(=O)OC(C)(C)C)C3)C1. The molecular weight excluding hydrogens is 318 g/mol. The van der Waals surface area contributed by atoms with Crippen LogP contribution >= 0.6 is 0 Å². The van der Waals surface area contributed by atoms with E-state index in [9.17, 15) is 9.59 Å². The predicted octanol–water partition coefficient (Wildman–Crippen LogP) is 1.74. The van der Waals surface area contributed by atoms with E-state index < -0.39 is 17.7 Å². The van der Waals surface area contributed by atoms with Gasteiger partial charge < -0.3 is 20.3 Å². The van der Waals surface area contributed by atoms with E-state index in [2.05, 4.69) is 34.7 Å². The summed E-state index contributed by atoms with van der Waals surface area (Å²) in [5.74, 6) is -0.163. The largest absolute Gasteiger partial charge is 0.444 e. The molecule has 0 bridgehead atoms. The molecule has 0 saturated heterocycles. The van der Waals surface area contributed by atoms with Crippen molar-refractivity contribution >= 4 is 12.0 Å². The van der Waals surface area contributed by atoms with E-state index >= 15 is 0 Å². The third kappa shape index (κ3) is 4.12. The van der Waals surface area contributed by atoms with Gasteiger partial charge in [-0.1, -0.05) is 12.1 Å². The Hall–Kier alpha value is -2.08. The fourth-order valence-corrected chi connectivity index (χ4v) is 3.51. The Morgan fingerprint density at radius 2 is 2.00 bits per heavy atom. The molecule has 3 rings (SSSR count). The predicted molar refractivity (Wildman–Crippen MR) is 95.2 cm³/mol. The van der Waals surface area contributed by atoms with Gasteiger partial charge in [0.05, 0.1) is 0 Å². The quantitative estimate of drug-likeness (QED) is 0.813. The summed E-state index contributed by atoms with van der Waals surface area (Å²) in [5, 5.41) is 5.67. The zero-order valence-corrected chi connectivity index (χ0v) is 15.4. The number of ether oxygens (including phenoxy) is 1. The molecule has 1 aromatic carbocycles. The molecule has 0 saturated carbocycles. The maximum absolute atomic E-state index is 12.4. The van der Waals surface area contributed by atoms with Crippen molar-refractivity contribution in [3.8, 4) is 0 Å². The first-order chi connectivity index (χ1) is 11.7. The summed E-state index contributed by atoms with van der Waals surface area (Å²) in [4.78, 5) is 26.8. The van der Waals surface area contributed by atoms with E-state index in [1.807, 2.05) is 0 Å². The van der Waals surface area contributed by atoms with Crippen LogP contribution < -0.4 is 10.6 Å². The van der Waals surface area contributed by atoms with Crippen LogP contribution in [0, 0.1) is 0 Å².